The summed E-state index contributed by atoms with van der Waals surface area (Å²) in [4.78, 5) is 1.51. The Bertz CT molecular complexity index is 1190. The minimum atomic E-state index is 0.755. The Morgan fingerprint density at radius 1 is 0.636 bits per heavy atom. The van der Waals surface area contributed by atoms with Crippen LogP contribution in [0.2, 0.25) is 0 Å². The summed E-state index contributed by atoms with van der Waals surface area (Å²) in [7, 11) is 0. The van der Waals surface area contributed by atoms with Gasteiger partial charge < -0.3 is 0 Å². The Labute approximate surface area is 133 Å². The maximum absolute atomic E-state index is 9.53. The van der Waals surface area contributed by atoms with Crippen molar-refractivity contribution in [3.63, 3.8) is 0 Å². The molecule has 0 amide bonds. The van der Waals surface area contributed by atoms with Gasteiger partial charge in [0.2, 0.25) is 0 Å². The lowest BCUT2D eigenvalue weighted by molar-refractivity contribution is 1.53. The van der Waals surface area contributed by atoms with Gasteiger partial charge in [0, 0.05) is 30.9 Å². The van der Waals surface area contributed by atoms with Crippen molar-refractivity contribution in [3.05, 3.63) is 46.2 Å². The molecule has 2 heterocycles. The average Bonchev–Trinajstić information content (AvgIpc) is 3.12. The van der Waals surface area contributed by atoms with Crippen molar-refractivity contribution in [2.24, 2.45) is 0 Å². The van der Waals surface area contributed by atoms with Crippen LogP contribution < -0.4 is 0 Å². The van der Waals surface area contributed by atoms with Gasteiger partial charge in [0.15, 0.2) is 0 Å². The first kappa shape index (κ1) is 11.9. The highest BCUT2D eigenvalue weighted by Crippen LogP contribution is 2.48. The lowest BCUT2D eigenvalue weighted by Gasteiger charge is -2.06. The fourth-order valence-corrected chi connectivity index (χ4v) is 5.47. The molecule has 2 nitrogen and oxygen atoms in total. The fraction of sp³-hybridized carbons (Fsp3) is 0. The molecule has 0 saturated carbocycles. The Kier molecular flexibility index (Phi) is 2.15. The summed E-state index contributed by atoms with van der Waals surface area (Å²) in [5.41, 5.74) is 0. The summed E-state index contributed by atoms with van der Waals surface area (Å²) in [5, 5.41) is 25.6. The topological polar surface area (TPSA) is 47.6 Å². The van der Waals surface area contributed by atoms with Crippen LogP contribution in [-0.4, -0.2) is 0 Å². The normalized spacial score (nSPS) is 11.5. The van der Waals surface area contributed by atoms with E-state index in [9.17, 15) is 10.5 Å². The Morgan fingerprint density at radius 2 is 1.09 bits per heavy atom. The van der Waals surface area contributed by atoms with Gasteiger partial charge >= 0.3 is 0 Å². The highest BCUT2D eigenvalue weighted by atomic mass is 32.1. The Balaban J connectivity index is 2.31. The first-order valence-corrected chi connectivity index (χ1v) is 8.38. The number of benzene rings is 3. The van der Waals surface area contributed by atoms with Gasteiger partial charge in [0.25, 0.3) is 0 Å². The molecule has 2 aromatic heterocycles. The molecule has 0 aliphatic heterocycles. The van der Waals surface area contributed by atoms with Crippen LogP contribution in [0.5, 0.6) is 0 Å². The van der Waals surface area contributed by atoms with Crippen LogP contribution in [0.4, 0.5) is 0 Å². The molecule has 0 unspecified atom stereocenters. The van der Waals surface area contributed by atoms with Crippen LogP contribution in [0.15, 0.2) is 36.4 Å². The van der Waals surface area contributed by atoms with Crippen molar-refractivity contribution in [1.82, 2.24) is 0 Å². The predicted octanol–water partition coefficient (Wildman–Crippen LogP) is 5.60. The molecule has 100 valence electrons. The minimum absolute atomic E-state index is 0.755. The molecule has 5 rings (SSSR count). The molecular formula is C18H6N2S2. The first-order valence-electron chi connectivity index (χ1n) is 6.75. The quantitative estimate of drug-likeness (QED) is 0.349. The molecule has 0 radical (unpaired) electrons. The number of fused-ring (bicyclic) bond motifs is 2. The zero-order valence-corrected chi connectivity index (χ0v) is 12.8. The van der Waals surface area contributed by atoms with E-state index < -0.39 is 0 Å². The van der Waals surface area contributed by atoms with Gasteiger partial charge in [0.05, 0.1) is 0 Å². The number of thiophene rings is 2. The summed E-state index contributed by atoms with van der Waals surface area (Å²) in [6.07, 6.45) is 0. The van der Waals surface area contributed by atoms with E-state index >= 15 is 0 Å². The molecule has 22 heavy (non-hydrogen) atoms. The van der Waals surface area contributed by atoms with Crippen molar-refractivity contribution in [2.75, 3.05) is 0 Å². The monoisotopic (exact) mass is 314 g/mol. The van der Waals surface area contributed by atoms with Crippen LogP contribution in [-0.2, 0) is 0 Å². The molecule has 0 saturated heterocycles. The van der Waals surface area contributed by atoms with Crippen molar-refractivity contribution in [2.45, 2.75) is 0 Å². The molecule has 0 fully saturated rings. The molecule has 3 aromatic carbocycles. The van der Waals surface area contributed by atoms with Crippen molar-refractivity contribution < 1.29 is 0 Å². The Hall–Kier alpha value is -2.66. The largest absolute Gasteiger partial charge is 0.192 e. The molecule has 4 heteroatoms. The van der Waals surface area contributed by atoms with Crippen molar-refractivity contribution in [3.8, 4) is 12.1 Å². The van der Waals surface area contributed by atoms with E-state index in [2.05, 4.69) is 36.4 Å². The van der Waals surface area contributed by atoms with E-state index in [-0.39, 0.29) is 0 Å². The summed E-state index contributed by atoms with van der Waals surface area (Å²) < 4.78 is 2.23. The second-order valence-electron chi connectivity index (χ2n) is 5.19. The molecule has 0 aliphatic carbocycles. The fourth-order valence-electron chi connectivity index (χ4n) is 3.39. The van der Waals surface area contributed by atoms with Gasteiger partial charge in [-0.25, -0.2) is 0 Å². The lowest BCUT2D eigenvalue weighted by Crippen LogP contribution is -1.81. The molecule has 0 atom stereocenters. The molecule has 0 spiro atoms. The standard InChI is InChI=1S/C18H6N2S2/c19-7-13-17-9-3-1-5-11-15(9)18(14(8-20)21-11)10-4-2-6-12(22-13)16(10)17/h1-6H. The highest BCUT2D eigenvalue weighted by Gasteiger charge is 2.21. The van der Waals surface area contributed by atoms with Crippen LogP contribution in [0.25, 0.3) is 41.7 Å². The van der Waals surface area contributed by atoms with Crippen LogP contribution >= 0.6 is 22.7 Å². The third kappa shape index (κ3) is 1.23. The molecule has 0 N–H and O–H groups in total. The summed E-state index contributed by atoms with van der Waals surface area (Å²) >= 11 is 3.07. The van der Waals surface area contributed by atoms with Crippen molar-refractivity contribution in [1.29, 1.82) is 10.5 Å². The summed E-state index contributed by atoms with van der Waals surface area (Å²) in [5.74, 6) is 0. The number of hydrogen-bond donors (Lipinski definition) is 0. The van der Waals surface area contributed by atoms with Crippen molar-refractivity contribution >= 4 is 64.4 Å². The van der Waals surface area contributed by atoms with E-state index in [1.54, 1.807) is 0 Å². The van der Waals surface area contributed by atoms with E-state index in [1.165, 1.54) is 22.7 Å². The van der Waals surface area contributed by atoms with Gasteiger partial charge in [-0.15, -0.1) is 22.7 Å². The maximum Gasteiger partial charge on any atom is 0.113 e. The van der Waals surface area contributed by atoms with Gasteiger partial charge in [-0.3, -0.25) is 0 Å². The predicted molar refractivity (Wildman–Crippen MR) is 92.8 cm³/mol. The van der Waals surface area contributed by atoms with E-state index in [4.69, 9.17) is 0 Å². The number of hydrogen-bond acceptors (Lipinski definition) is 4. The van der Waals surface area contributed by atoms with Gasteiger partial charge in [-0.2, -0.15) is 10.5 Å². The lowest BCUT2D eigenvalue weighted by atomic mass is 9.95. The average molecular weight is 314 g/mol. The maximum atomic E-state index is 9.53. The second kappa shape index (κ2) is 3.96. The van der Waals surface area contributed by atoms with Gasteiger partial charge in [0.1, 0.15) is 21.9 Å². The van der Waals surface area contributed by atoms with Crippen LogP contribution in [0.1, 0.15) is 9.75 Å². The van der Waals surface area contributed by atoms with Gasteiger partial charge in [-0.05, 0) is 22.9 Å². The second-order valence-corrected chi connectivity index (χ2v) is 7.30. The van der Waals surface area contributed by atoms with Crippen LogP contribution in [0.3, 0.4) is 0 Å². The summed E-state index contributed by atoms with van der Waals surface area (Å²) in [6.45, 7) is 0. The molecular weight excluding hydrogens is 308 g/mol. The Morgan fingerprint density at radius 3 is 1.50 bits per heavy atom. The smallest absolute Gasteiger partial charge is 0.113 e. The molecule has 0 aliphatic rings. The van der Waals surface area contributed by atoms with Gasteiger partial charge in [-0.1, -0.05) is 24.3 Å². The third-order valence-electron chi connectivity index (χ3n) is 4.17. The zero-order chi connectivity index (χ0) is 14.8. The molecule has 5 aromatic rings. The summed E-state index contributed by atoms with van der Waals surface area (Å²) in [6, 6.07) is 17.0. The minimum Gasteiger partial charge on any atom is -0.192 e. The van der Waals surface area contributed by atoms with E-state index in [0.29, 0.717) is 0 Å². The molecule has 0 bridgehead atoms. The number of rotatable bonds is 0. The van der Waals surface area contributed by atoms with E-state index in [0.717, 1.165) is 51.5 Å². The third-order valence-corrected chi connectivity index (χ3v) is 6.29. The SMILES string of the molecule is N#Cc1sc2cccc3c4c(C#N)sc5cccc(c1c23)c54. The first-order chi connectivity index (χ1) is 10.8. The van der Waals surface area contributed by atoms with E-state index in [1.807, 2.05) is 12.1 Å². The number of nitrogens with zero attached hydrogens (tertiary/aromatic N) is 2. The van der Waals surface area contributed by atoms with Crippen LogP contribution in [0, 0.1) is 22.7 Å². The number of nitriles is 2. The highest BCUT2D eigenvalue weighted by molar-refractivity contribution is 7.22. The zero-order valence-electron chi connectivity index (χ0n) is 11.2.